The van der Waals surface area contributed by atoms with Gasteiger partial charge in [-0.3, -0.25) is 4.79 Å². The van der Waals surface area contributed by atoms with Gasteiger partial charge in [-0.1, -0.05) is 12.1 Å². The summed E-state index contributed by atoms with van der Waals surface area (Å²) in [5.41, 5.74) is 1.50. The Labute approximate surface area is 125 Å². The Morgan fingerprint density at radius 1 is 1.11 bits per heavy atom. The van der Waals surface area contributed by atoms with Crippen LogP contribution < -0.4 is 5.32 Å². The summed E-state index contributed by atoms with van der Waals surface area (Å²) < 4.78 is 13.9. The van der Waals surface area contributed by atoms with Gasteiger partial charge in [0.1, 0.15) is 5.82 Å². The topological polar surface area (TPSA) is 29.1 Å². The van der Waals surface area contributed by atoms with Gasteiger partial charge in [0.25, 0.3) is 5.91 Å². The van der Waals surface area contributed by atoms with Crippen molar-refractivity contribution < 1.29 is 9.18 Å². The minimum absolute atomic E-state index is 0.131. The van der Waals surface area contributed by atoms with Crippen LogP contribution in [0.5, 0.6) is 0 Å². The number of carbonyl (C=O) groups excluding carboxylic acids is 1. The number of hydrogen-bond acceptors (Lipinski definition) is 1. The third-order valence-electron chi connectivity index (χ3n) is 2.82. The normalized spacial score (nSPS) is 11.9. The van der Waals surface area contributed by atoms with Crippen LogP contribution in [0, 0.1) is 9.39 Å². The summed E-state index contributed by atoms with van der Waals surface area (Å²) in [6, 6.07) is 13.3. The smallest absolute Gasteiger partial charge is 0.251 e. The van der Waals surface area contributed by atoms with E-state index in [0.29, 0.717) is 5.56 Å². The van der Waals surface area contributed by atoms with Crippen molar-refractivity contribution in [3.05, 3.63) is 69.0 Å². The number of nitrogens with one attached hydrogen (secondary N) is 1. The van der Waals surface area contributed by atoms with E-state index in [1.807, 2.05) is 19.1 Å². The Bertz CT molecular complexity index is 566. The van der Waals surface area contributed by atoms with Gasteiger partial charge in [0.05, 0.1) is 6.04 Å². The molecule has 4 heteroatoms. The maximum Gasteiger partial charge on any atom is 0.251 e. The molecule has 0 radical (unpaired) electrons. The van der Waals surface area contributed by atoms with Crippen molar-refractivity contribution in [3.63, 3.8) is 0 Å². The van der Waals surface area contributed by atoms with E-state index in [0.717, 1.165) is 9.13 Å². The zero-order valence-corrected chi connectivity index (χ0v) is 12.5. The minimum Gasteiger partial charge on any atom is -0.346 e. The van der Waals surface area contributed by atoms with E-state index in [1.54, 1.807) is 24.3 Å². The van der Waals surface area contributed by atoms with Gasteiger partial charge < -0.3 is 5.32 Å². The molecule has 2 aromatic carbocycles. The summed E-state index contributed by atoms with van der Waals surface area (Å²) in [4.78, 5) is 12.0. The average Bonchev–Trinajstić information content (AvgIpc) is 2.40. The van der Waals surface area contributed by atoms with Gasteiger partial charge >= 0.3 is 0 Å². The molecule has 0 bridgehead atoms. The largest absolute Gasteiger partial charge is 0.346 e. The second kappa shape index (κ2) is 6.14. The van der Waals surface area contributed by atoms with Gasteiger partial charge in [-0.15, -0.1) is 0 Å². The van der Waals surface area contributed by atoms with Crippen LogP contribution in [0.1, 0.15) is 28.9 Å². The highest BCUT2D eigenvalue weighted by molar-refractivity contribution is 14.1. The van der Waals surface area contributed by atoms with Crippen molar-refractivity contribution in [1.29, 1.82) is 0 Å². The van der Waals surface area contributed by atoms with Crippen LogP contribution in [-0.2, 0) is 0 Å². The Morgan fingerprint density at radius 2 is 1.68 bits per heavy atom. The molecule has 0 aromatic heterocycles. The Kier molecular flexibility index (Phi) is 4.52. The lowest BCUT2D eigenvalue weighted by molar-refractivity contribution is 0.0940. The predicted octanol–water partition coefficient (Wildman–Crippen LogP) is 3.92. The lowest BCUT2D eigenvalue weighted by Crippen LogP contribution is -2.26. The van der Waals surface area contributed by atoms with Crippen molar-refractivity contribution >= 4 is 28.5 Å². The van der Waals surface area contributed by atoms with Crippen molar-refractivity contribution in [2.24, 2.45) is 0 Å². The summed E-state index contributed by atoms with van der Waals surface area (Å²) in [7, 11) is 0. The lowest BCUT2D eigenvalue weighted by atomic mass is 10.1. The van der Waals surface area contributed by atoms with E-state index in [9.17, 15) is 9.18 Å². The molecule has 0 aliphatic heterocycles. The molecule has 19 heavy (non-hydrogen) atoms. The first kappa shape index (κ1) is 14.0. The molecule has 0 saturated heterocycles. The lowest BCUT2D eigenvalue weighted by Gasteiger charge is -2.14. The molecule has 0 aliphatic carbocycles. The summed E-state index contributed by atoms with van der Waals surface area (Å²) in [5, 5.41) is 2.89. The van der Waals surface area contributed by atoms with Crippen LogP contribution in [-0.4, -0.2) is 5.91 Å². The van der Waals surface area contributed by atoms with E-state index in [1.165, 1.54) is 12.1 Å². The fourth-order valence-corrected chi connectivity index (χ4v) is 2.08. The second-order valence-corrected chi connectivity index (χ2v) is 5.50. The van der Waals surface area contributed by atoms with E-state index in [4.69, 9.17) is 0 Å². The minimum atomic E-state index is -0.278. The molecule has 0 aliphatic rings. The van der Waals surface area contributed by atoms with Crippen molar-refractivity contribution in [2.45, 2.75) is 13.0 Å². The summed E-state index contributed by atoms with van der Waals surface area (Å²) in [5.74, 6) is -0.409. The standard InChI is InChI=1S/C15H13FINO/c1-10(11-2-6-13(16)7-3-11)18-15(19)12-4-8-14(17)9-5-12/h2-10H,1H3,(H,18,19). The molecule has 1 unspecified atom stereocenters. The quantitative estimate of drug-likeness (QED) is 0.817. The maximum atomic E-state index is 12.8. The predicted molar refractivity (Wildman–Crippen MR) is 81.4 cm³/mol. The maximum absolute atomic E-state index is 12.8. The molecule has 1 N–H and O–H groups in total. The first-order valence-corrected chi connectivity index (χ1v) is 6.96. The zero-order chi connectivity index (χ0) is 13.8. The SMILES string of the molecule is CC(NC(=O)c1ccc(I)cc1)c1ccc(F)cc1. The highest BCUT2D eigenvalue weighted by Crippen LogP contribution is 2.14. The number of hydrogen-bond donors (Lipinski definition) is 1. The summed E-state index contributed by atoms with van der Waals surface area (Å²) >= 11 is 2.19. The molecular weight excluding hydrogens is 356 g/mol. The molecular formula is C15H13FINO. The van der Waals surface area contributed by atoms with Crippen LogP contribution in [0.3, 0.4) is 0 Å². The zero-order valence-electron chi connectivity index (χ0n) is 10.4. The van der Waals surface area contributed by atoms with E-state index in [-0.39, 0.29) is 17.8 Å². The molecule has 0 fully saturated rings. The fraction of sp³-hybridized carbons (Fsp3) is 0.133. The van der Waals surface area contributed by atoms with Crippen molar-refractivity contribution in [3.8, 4) is 0 Å². The monoisotopic (exact) mass is 369 g/mol. The van der Waals surface area contributed by atoms with Crippen molar-refractivity contribution in [2.75, 3.05) is 0 Å². The van der Waals surface area contributed by atoms with Crippen LogP contribution in [0.4, 0.5) is 4.39 Å². The van der Waals surface area contributed by atoms with Crippen LogP contribution in [0.25, 0.3) is 0 Å². The highest BCUT2D eigenvalue weighted by Gasteiger charge is 2.11. The second-order valence-electron chi connectivity index (χ2n) is 4.25. The van der Waals surface area contributed by atoms with Crippen LogP contribution in [0.2, 0.25) is 0 Å². The summed E-state index contributed by atoms with van der Waals surface area (Å²) in [6.45, 7) is 1.87. The molecule has 2 nitrogen and oxygen atoms in total. The van der Waals surface area contributed by atoms with E-state index < -0.39 is 0 Å². The van der Waals surface area contributed by atoms with Gasteiger partial charge in [0.15, 0.2) is 0 Å². The number of benzene rings is 2. The van der Waals surface area contributed by atoms with E-state index >= 15 is 0 Å². The first-order chi connectivity index (χ1) is 9.06. The number of amides is 1. The Hall–Kier alpha value is -1.43. The fourth-order valence-electron chi connectivity index (χ4n) is 1.72. The molecule has 1 amide bonds. The molecule has 0 spiro atoms. The first-order valence-electron chi connectivity index (χ1n) is 5.88. The molecule has 2 aromatic rings. The van der Waals surface area contributed by atoms with Crippen LogP contribution >= 0.6 is 22.6 Å². The molecule has 0 saturated carbocycles. The van der Waals surface area contributed by atoms with Crippen LogP contribution in [0.15, 0.2) is 48.5 Å². The Balaban J connectivity index is 2.06. The summed E-state index contributed by atoms with van der Waals surface area (Å²) in [6.07, 6.45) is 0. The third kappa shape index (κ3) is 3.76. The molecule has 0 heterocycles. The molecule has 2 rings (SSSR count). The average molecular weight is 369 g/mol. The number of halogens is 2. The molecule has 1 atom stereocenters. The Morgan fingerprint density at radius 3 is 2.26 bits per heavy atom. The van der Waals surface area contributed by atoms with Gasteiger partial charge in [0, 0.05) is 9.13 Å². The number of rotatable bonds is 3. The van der Waals surface area contributed by atoms with Gasteiger partial charge in [-0.25, -0.2) is 4.39 Å². The highest BCUT2D eigenvalue weighted by atomic mass is 127. The third-order valence-corrected chi connectivity index (χ3v) is 3.54. The van der Waals surface area contributed by atoms with Crippen molar-refractivity contribution in [1.82, 2.24) is 5.32 Å². The number of carbonyl (C=O) groups is 1. The van der Waals surface area contributed by atoms with Gasteiger partial charge in [-0.05, 0) is 71.5 Å². The van der Waals surface area contributed by atoms with Gasteiger partial charge in [-0.2, -0.15) is 0 Å². The molecule has 98 valence electrons. The van der Waals surface area contributed by atoms with Gasteiger partial charge in [0.2, 0.25) is 0 Å². The van der Waals surface area contributed by atoms with E-state index in [2.05, 4.69) is 27.9 Å².